The van der Waals surface area contributed by atoms with Gasteiger partial charge in [-0.3, -0.25) is 0 Å². The van der Waals surface area contributed by atoms with Gasteiger partial charge in [-0.2, -0.15) is 0 Å². The van der Waals surface area contributed by atoms with Crippen molar-refractivity contribution in [3.63, 3.8) is 0 Å². The topological polar surface area (TPSA) is 12.0 Å². The lowest BCUT2D eigenvalue weighted by Gasteiger charge is -1.93. The first-order valence-corrected chi connectivity index (χ1v) is 2.77. The van der Waals surface area contributed by atoms with Crippen molar-refractivity contribution in [3.8, 4) is 0 Å². The van der Waals surface area contributed by atoms with Gasteiger partial charge in [0.25, 0.3) is 0 Å². The zero-order chi connectivity index (χ0) is 5.11. The van der Waals surface area contributed by atoms with Gasteiger partial charge in [0.15, 0.2) is 0 Å². The highest BCUT2D eigenvalue weighted by Crippen LogP contribution is 2.06. The third-order valence-electron chi connectivity index (χ3n) is 1.43. The molecule has 40 valence electrons. The van der Waals surface area contributed by atoms with Gasteiger partial charge in [0.05, 0.1) is 0 Å². The Morgan fingerprint density at radius 2 is 2.57 bits per heavy atom. The van der Waals surface area contributed by atoms with Gasteiger partial charge in [-0.1, -0.05) is 6.08 Å². The van der Waals surface area contributed by atoms with Crippen LogP contribution in [-0.2, 0) is 0 Å². The first-order valence-electron chi connectivity index (χ1n) is 2.77. The minimum Gasteiger partial charge on any atom is -0.316 e. The quantitative estimate of drug-likeness (QED) is 0.477. The fraction of sp³-hybridized carbons (Fsp3) is 0.667. The second kappa shape index (κ2) is 2.12. The van der Waals surface area contributed by atoms with Crippen LogP contribution in [-0.4, -0.2) is 13.1 Å². The first kappa shape index (κ1) is 4.85. The van der Waals surface area contributed by atoms with Gasteiger partial charge in [0.1, 0.15) is 0 Å². The van der Waals surface area contributed by atoms with Crippen LogP contribution >= 0.6 is 0 Å². The van der Waals surface area contributed by atoms with Crippen molar-refractivity contribution in [3.05, 3.63) is 12.7 Å². The molecule has 0 aliphatic carbocycles. The molecule has 1 rings (SSSR count). The molecule has 1 saturated heterocycles. The molecule has 1 heteroatoms. The lowest BCUT2D eigenvalue weighted by atomic mass is 10.1. The summed E-state index contributed by atoms with van der Waals surface area (Å²) in [6.45, 7) is 6.02. The summed E-state index contributed by atoms with van der Waals surface area (Å²) in [5.74, 6) is 0.750. The van der Waals surface area contributed by atoms with E-state index >= 15 is 0 Å². The smallest absolute Gasteiger partial charge is 0.00145 e. The molecule has 0 spiro atoms. The molecule has 1 heterocycles. The van der Waals surface area contributed by atoms with Gasteiger partial charge >= 0.3 is 0 Å². The minimum absolute atomic E-state index is 0.750. The SMILES string of the molecule is C=C[C@@H]1CCNC1. The largest absolute Gasteiger partial charge is 0.316 e. The summed E-state index contributed by atoms with van der Waals surface area (Å²) in [7, 11) is 0. The molecule has 0 amide bonds. The maximum absolute atomic E-state index is 3.70. The van der Waals surface area contributed by atoms with Crippen LogP contribution < -0.4 is 5.32 Å². The molecule has 7 heavy (non-hydrogen) atoms. The van der Waals surface area contributed by atoms with Gasteiger partial charge in [-0.15, -0.1) is 6.58 Å². The zero-order valence-electron chi connectivity index (χ0n) is 4.48. The highest BCUT2D eigenvalue weighted by Gasteiger charge is 2.08. The molecule has 0 bridgehead atoms. The monoisotopic (exact) mass is 97.1 g/mol. The van der Waals surface area contributed by atoms with E-state index in [-0.39, 0.29) is 0 Å². The van der Waals surface area contributed by atoms with Crippen LogP contribution in [0, 0.1) is 5.92 Å². The number of nitrogens with one attached hydrogen (secondary N) is 1. The molecular weight excluding hydrogens is 86.1 g/mol. The van der Waals surface area contributed by atoms with E-state index in [0.717, 1.165) is 12.5 Å². The van der Waals surface area contributed by atoms with Crippen LogP contribution in [0.5, 0.6) is 0 Å². The van der Waals surface area contributed by atoms with Gasteiger partial charge in [0.2, 0.25) is 0 Å². The number of rotatable bonds is 1. The van der Waals surface area contributed by atoms with Crippen molar-refractivity contribution in [1.82, 2.24) is 5.32 Å². The lowest BCUT2D eigenvalue weighted by Crippen LogP contribution is -2.06. The molecular formula is C6H11N. The number of hydrogen-bond acceptors (Lipinski definition) is 1. The Hall–Kier alpha value is -0.300. The zero-order valence-corrected chi connectivity index (χ0v) is 4.48. The van der Waals surface area contributed by atoms with Crippen molar-refractivity contribution in [1.29, 1.82) is 0 Å². The van der Waals surface area contributed by atoms with Crippen LogP contribution in [0.3, 0.4) is 0 Å². The molecule has 0 saturated carbocycles. The Bertz CT molecular complexity index is 62.6. The van der Waals surface area contributed by atoms with E-state index in [2.05, 4.69) is 11.9 Å². The van der Waals surface area contributed by atoms with E-state index in [0.29, 0.717) is 0 Å². The highest BCUT2D eigenvalue weighted by molar-refractivity contribution is 4.84. The maximum Gasteiger partial charge on any atom is 0.00145 e. The van der Waals surface area contributed by atoms with Crippen LogP contribution in [0.2, 0.25) is 0 Å². The molecule has 1 atom stereocenters. The van der Waals surface area contributed by atoms with E-state index in [1.54, 1.807) is 0 Å². The summed E-state index contributed by atoms with van der Waals surface area (Å²) >= 11 is 0. The molecule has 0 radical (unpaired) electrons. The van der Waals surface area contributed by atoms with E-state index in [1.807, 2.05) is 6.08 Å². The Morgan fingerprint density at radius 1 is 1.71 bits per heavy atom. The third kappa shape index (κ3) is 1.03. The van der Waals surface area contributed by atoms with Gasteiger partial charge in [0, 0.05) is 6.54 Å². The molecule has 1 fully saturated rings. The summed E-state index contributed by atoms with van der Waals surface area (Å²) in [4.78, 5) is 0. The highest BCUT2D eigenvalue weighted by atomic mass is 14.9. The van der Waals surface area contributed by atoms with E-state index in [9.17, 15) is 0 Å². The standard InChI is InChI=1S/C6H11N/c1-2-6-3-4-7-5-6/h2,6-7H,1,3-5H2/t6-/m1/s1. The molecule has 0 aromatic rings. The summed E-state index contributed by atoms with van der Waals surface area (Å²) in [6, 6.07) is 0. The maximum atomic E-state index is 3.70. The van der Waals surface area contributed by atoms with Crippen molar-refractivity contribution in [2.75, 3.05) is 13.1 Å². The molecule has 0 unspecified atom stereocenters. The van der Waals surface area contributed by atoms with E-state index in [1.165, 1.54) is 13.0 Å². The normalized spacial score (nSPS) is 30.6. The third-order valence-corrected chi connectivity index (χ3v) is 1.43. The lowest BCUT2D eigenvalue weighted by molar-refractivity contribution is 0.730. The van der Waals surface area contributed by atoms with Crippen molar-refractivity contribution < 1.29 is 0 Å². The molecule has 0 aromatic heterocycles. The fourth-order valence-corrected chi connectivity index (χ4v) is 0.878. The molecule has 1 nitrogen and oxygen atoms in total. The summed E-state index contributed by atoms with van der Waals surface area (Å²) in [6.07, 6.45) is 3.31. The Labute approximate surface area is 44.4 Å². The second-order valence-electron chi connectivity index (χ2n) is 1.99. The predicted molar refractivity (Wildman–Crippen MR) is 31.2 cm³/mol. The summed E-state index contributed by atoms with van der Waals surface area (Å²) < 4.78 is 0. The molecule has 0 aromatic carbocycles. The van der Waals surface area contributed by atoms with Crippen LogP contribution in [0.4, 0.5) is 0 Å². The Kier molecular flexibility index (Phi) is 1.47. The summed E-state index contributed by atoms with van der Waals surface area (Å²) in [5.41, 5.74) is 0. The van der Waals surface area contributed by atoms with Crippen molar-refractivity contribution in [2.45, 2.75) is 6.42 Å². The fourth-order valence-electron chi connectivity index (χ4n) is 0.878. The average Bonchev–Trinajstić information content (AvgIpc) is 2.14. The van der Waals surface area contributed by atoms with Gasteiger partial charge < -0.3 is 5.32 Å². The minimum atomic E-state index is 0.750. The predicted octanol–water partition coefficient (Wildman–Crippen LogP) is 0.782. The van der Waals surface area contributed by atoms with Gasteiger partial charge in [-0.25, -0.2) is 0 Å². The van der Waals surface area contributed by atoms with Crippen LogP contribution in [0.1, 0.15) is 6.42 Å². The van der Waals surface area contributed by atoms with Crippen LogP contribution in [0.25, 0.3) is 0 Å². The molecule has 1 aliphatic heterocycles. The van der Waals surface area contributed by atoms with E-state index in [4.69, 9.17) is 0 Å². The summed E-state index contributed by atoms with van der Waals surface area (Å²) in [5, 5.41) is 3.25. The first-order chi connectivity index (χ1) is 3.43. The van der Waals surface area contributed by atoms with E-state index < -0.39 is 0 Å². The van der Waals surface area contributed by atoms with Crippen molar-refractivity contribution >= 4 is 0 Å². The number of hydrogen-bond donors (Lipinski definition) is 1. The molecule has 1 N–H and O–H groups in total. The van der Waals surface area contributed by atoms with Crippen molar-refractivity contribution in [2.24, 2.45) is 5.92 Å². The molecule has 1 aliphatic rings. The Balaban J connectivity index is 2.26. The van der Waals surface area contributed by atoms with Gasteiger partial charge in [-0.05, 0) is 18.9 Å². The Morgan fingerprint density at radius 3 is 2.86 bits per heavy atom. The van der Waals surface area contributed by atoms with Crippen LogP contribution in [0.15, 0.2) is 12.7 Å². The second-order valence-corrected chi connectivity index (χ2v) is 1.99. The average molecular weight is 97.2 g/mol.